The van der Waals surface area contributed by atoms with Crippen molar-refractivity contribution in [1.29, 1.82) is 0 Å². The van der Waals surface area contributed by atoms with E-state index in [1.54, 1.807) is 17.7 Å². The molecule has 4 nitrogen and oxygen atoms in total. The lowest BCUT2D eigenvalue weighted by atomic mass is 9.97. The number of hydrogen-bond donors (Lipinski definition) is 0. The molecular formula is C17H22N2O2S2. The van der Waals surface area contributed by atoms with Gasteiger partial charge in [0.2, 0.25) is 0 Å². The molecule has 0 aliphatic heterocycles. The highest BCUT2D eigenvalue weighted by molar-refractivity contribution is 8.00. The molecule has 0 saturated carbocycles. The Balaban J connectivity index is 1.90. The number of fused-ring (bicyclic) bond motifs is 3. The van der Waals surface area contributed by atoms with E-state index in [1.165, 1.54) is 40.4 Å². The van der Waals surface area contributed by atoms with Crippen LogP contribution in [0, 0.1) is 0 Å². The van der Waals surface area contributed by atoms with E-state index in [4.69, 9.17) is 4.74 Å². The minimum Gasteiger partial charge on any atom is -0.465 e. The van der Waals surface area contributed by atoms with Crippen LogP contribution in [0.25, 0.3) is 10.2 Å². The maximum atomic E-state index is 12.2. The third-order valence-corrected chi connectivity index (χ3v) is 6.60. The lowest BCUT2D eigenvalue weighted by Gasteiger charge is -2.15. The first kappa shape index (κ1) is 16.7. The summed E-state index contributed by atoms with van der Waals surface area (Å²) in [6.45, 7) is 4.52. The Morgan fingerprint density at radius 3 is 2.96 bits per heavy atom. The summed E-state index contributed by atoms with van der Waals surface area (Å²) in [4.78, 5) is 23.7. The van der Waals surface area contributed by atoms with Gasteiger partial charge in [-0.1, -0.05) is 25.6 Å². The molecule has 23 heavy (non-hydrogen) atoms. The van der Waals surface area contributed by atoms with Crippen molar-refractivity contribution in [3.8, 4) is 0 Å². The van der Waals surface area contributed by atoms with Gasteiger partial charge in [0.15, 0.2) is 0 Å². The van der Waals surface area contributed by atoms with Crippen LogP contribution in [0.2, 0.25) is 0 Å². The SMILES string of the molecule is CCCOC(=O)C(CC)Sc1ncnc2sc3c(c12)CCCC3. The lowest BCUT2D eigenvalue weighted by molar-refractivity contribution is -0.143. The zero-order chi connectivity index (χ0) is 16.2. The van der Waals surface area contributed by atoms with Crippen molar-refractivity contribution in [3.63, 3.8) is 0 Å². The van der Waals surface area contributed by atoms with E-state index in [-0.39, 0.29) is 11.2 Å². The highest BCUT2D eigenvalue weighted by Crippen LogP contribution is 2.40. The summed E-state index contributed by atoms with van der Waals surface area (Å²) in [5.41, 5.74) is 1.41. The van der Waals surface area contributed by atoms with E-state index >= 15 is 0 Å². The van der Waals surface area contributed by atoms with Crippen LogP contribution in [0.5, 0.6) is 0 Å². The molecule has 1 atom stereocenters. The number of esters is 1. The van der Waals surface area contributed by atoms with Gasteiger partial charge < -0.3 is 4.74 Å². The molecule has 0 fully saturated rings. The zero-order valence-electron chi connectivity index (χ0n) is 13.6. The van der Waals surface area contributed by atoms with Crippen molar-refractivity contribution < 1.29 is 9.53 Å². The fourth-order valence-corrected chi connectivity index (χ4v) is 5.22. The summed E-state index contributed by atoms with van der Waals surface area (Å²) in [7, 11) is 0. The number of carbonyl (C=O) groups excluding carboxylic acids is 1. The average Bonchev–Trinajstić information content (AvgIpc) is 2.96. The third-order valence-electron chi connectivity index (χ3n) is 4.05. The summed E-state index contributed by atoms with van der Waals surface area (Å²) < 4.78 is 5.32. The van der Waals surface area contributed by atoms with E-state index in [2.05, 4.69) is 9.97 Å². The summed E-state index contributed by atoms with van der Waals surface area (Å²) in [5.74, 6) is -0.129. The van der Waals surface area contributed by atoms with Gasteiger partial charge in [-0.05, 0) is 44.1 Å². The number of thiophene rings is 1. The number of thioether (sulfide) groups is 1. The van der Waals surface area contributed by atoms with Crippen LogP contribution in [0.15, 0.2) is 11.4 Å². The Morgan fingerprint density at radius 2 is 2.17 bits per heavy atom. The number of nitrogens with zero attached hydrogens (tertiary/aromatic N) is 2. The highest BCUT2D eigenvalue weighted by Gasteiger charge is 2.25. The van der Waals surface area contributed by atoms with E-state index < -0.39 is 0 Å². The molecule has 2 aromatic rings. The second-order valence-electron chi connectivity index (χ2n) is 5.75. The molecular weight excluding hydrogens is 328 g/mol. The van der Waals surface area contributed by atoms with Crippen molar-refractivity contribution in [2.24, 2.45) is 0 Å². The smallest absolute Gasteiger partial charge is 0.319 e. The van der Waals surface area contributed by atoms with Crippen molar-refractivity contribution in [3.05, 3.63) is 16.8 Å². The van der Waals surface area contributed by atoms with Gasteiger partial charge in [-0.25, -0.2) is 9.97 Å². The van der Waals surface area contributed by atoms with Crippen molar-refractivity contribution >= 4 is 39.3 Å². The molecule has 0 N–H and O–H groups in total. The Morgan fingerprint density at radius 1 is 1.35 bits per heavy atom. The van der Waals surface area contributed by atoms with Crippen LogP contribution in [0.1, 0.15) is 50.0 Å². The first-order chi connectivity index (χ1) is 11.2. The quantitative estimate of drug-likeness (QED) is 0.439. The maximum Gasteiger partial charge on any atom is 0.319 e. The minimum atomic E-state index is -0.196. The van der Waals surface area contributed by atoms with E-state index in [0.717, 1.165) is 35.5 Å². The van der Waals surface area contributed by atoms with E-state index in [1.807, 2.05) is 13.8 Å². The summed E-state index contributed by atoms with van der Waals surface area (Å²) in [5, 5.41) is 1.92. The number of ether oxygens (including phenoxy) is 1. The first-order valence-corrected chi connectivity index (χ1v) is 10.0. The van der Waals surface area contributed by atoms with Gasteiger partial charge >= 0.3 is 5.97 Å². The van der Waals surface area contributed by atoms with Gasteiger partial charge in [-0.2, -0.15) is 0 Å². The molecule has 1 aliphatic carbocycles. The van der Waals surface area contributed by atoms with Crippen molar-refractivity contribution in [1.82, 2.24) is 9.97 Å². The molecule has 1 unspecified atom stereocenters. The van der Waals surface area contributed by atoms with Crippen LogP contribution in [-0.4, -0.2) is 27.8 Å². The average molecular weight is 351 g/mol. The molecule has 3 rings (SSSR count). The van der Waals surface area contributed by atoms with E-state index in [9.17, 15) is 4.79 Å². The largest absolute Gasteiger partial charge is 0.465 e. The molecule has 0 radical (unpaired) electrons. The maximum absolute atomic E-state index is 12.2. The number of aromatic nitrogens is 2. The molecule has 2 aromatic heterocycles. The number of rotatable bonds is 6. The van der Waals surface area contributed by atoms with Crippen LogP contribution in [0.4, 0.5) is 0 Å². The van der Waals surface area contributed by atoms with Crippen LogP contribution < -0.4 is 0 Å². The Hall–Kier alpha value is -1.14. The molecule has 0 amide bonds. The van der Waals surface area contributed by atoms with Crippen LogP contribution >= 0.6 is 23.1 Å². The van der Waals surface area contributed by atoms with Gasteiger partial charge in [0.05, 0.1) is 6.61 Å². The topological polar surface area (TPSA) is 52.1 Å². The highest BCUT2D eigenvalue weighted by atomic mass is 32.2. The second kappa shape index (κ2) is 7.62. The number of carbonyl (C=O) groups is 1. The summed E-state index contributed by atoms with van der Waals surface area (Å²) >= 11 is 3.33. The second-order valence-corrected chi connectivity index (χ2v) is 8.03. The van der Waals surface area contributed by atoms with Crippen LogP contribution in [0.3, 0.4) is 0 Å². The Bertz CT molecular complexity index is 699. The molecule has 2 heterocycles. The predicted octanol–water partition coefficient (Wildman–Crippen LogP) is 4.39. The molecule has 0 saturated heterocycles. The minimum absolute atomic E-state index is 0.129. The van der Waals surface area contributed by atoms with Crippen molar-refractivity contribution in [2.75, 3.05) is 6.61 Å². The Kier molecular flexibility index (Phi) is 5.54. The fraction of sp³-hybridized carbons (Fsp3) is 0.588. The van der Waals surface area contributed by atoms with E-state index in [0.29, 0.717) is 6.61 Å². The van der Waals surface area contributed by atoms with Crippen molar-refractivity contribution in [2.45, 2.75) is 62.6 Å². The van der Waals surface area contributed by atoms with Gasteiger partial charge in [0, 0.05) is 10.3 Å². The van der Waals surface area contributed by atoms with Gasteiger partial charge in [-0.15, -0.1) is 11.3 Å². The fourth-order valence-electron chi connectivity index (χ4n) is 2.88. The van der Waals surface area contributed by atoms with Gasteiger partial charge in [0.25, 0.3) is 0 Å². The first-order valence-electron chi connectivity index (χ1n) is 8.33. The summed E-state index contributed by atoms with van der Waals surface area (Å²) in [6.07, 6.45) is 7.96. The molecule has 1 aliphatic rings. The third kappa shape index (κ3) is 3.53. The molecule has 0 bridgehead atoms. The Labute approximate surface area is 145 Å². The van der Waals surface area contributed by atoms with Crippen LogP contribution in [-0.2, 0) is 22.4 Å². The monoisotopic (exact) mass is 350 g/mol. The molecule has 0 spiro atoms. The number of aryl methyl sites for hydroxylation is 2. The standard InChI is InChI=1S/C17H22N2O2S2/c1-3-9-21-17(20)12(4-2)22-15-14-11-7-5-6-8-13(11)23-16(14)19-10-18-15/h10,12H,3-9H2,1-2H3. The predicted molar refractivity (Wildman–Crippen MR) is 95.2 cm³/mol. The van der Waals surface area contributed by atoms with Gasteiger partial charge in [0.1, 0.15) is 21.4 Å². The normalized spacial score (nSPS) is 15.4. The molecule has 0 aromatic carbocycles. The lowest BCUT2D eigenvalue weighted by Crippen LogP contribution is -2.20. The molecule has 6 heteroatoms. The summed E-state index contributed by atoms with van der Waals surface area (Å²) in [6, 6.07) is 0. The van der Waals surface area contributed by atoms with Gasteiger partial charge in [-0.3, -0.25) is 4.79 Å². The molecule has 124 valence electrons. The number of hydrogen-bond acceptors (Lipinski definition) is 6. The zero-order valence-corrected chi connectivity index (χ0v) is 15.3.